The van der Waals surface area contributed by atoms with Gasteiger partial charge in [-0.05, 0) is 48.7 Å². The van der Waals surface area contributed by atoms with Gasteiger partial charge in [-0.2, -0.15) is 0 Å². The van der Waals surface area contributed by atoms with Crippen LogP contribution in [-0.2, 0) is 9.53 Å². The number of thioether (sulfide) groups is 1. The molecule has 1 aromatic carbocycles. The Kier molecular flexibility index (Phi) is 5.61. The maximum Gasteiger partial charge on any atom is 0.379 e. The van der Waals surface area contributed by atoms with Crippen LogP contribution >= 0.6 is 24.0 Å². The standard InChI is InChI=1S/C20H17NO5S2/c22-18-17(28-20(27)21(18)12-15-3-1-9-24-15)11-13-5-7-14(8-6-13)26-19(23)16-4-2-10-25-16/h2,4-8,10-11,15H,1,3,9,12H2. The number of esters is 1. The minimum atomic E-state index is -0.562. The lowest BCUT2D eigenvalue weighted by Crippen LogP contribution is -2.35. The summed E-state index contributed by atoms with van der Waals surface area (Å²) in [7, 11) is 0. The molecule has 2 aromatic rings. The lowest BCUT2D eigenvalue weighted by molar-refractivity contribution is -0.123. The van der Waals surface area contributed by atoms with Crippen molar-refractivity contribution in [3.8, 4) is 5.75 Å². The molecular formula is C20H17NO5S2. The van der Waals surface area contributed by atoms with E-state index in [1.165, 1.54) is 24.1 Å². The molecule has 0 spiro atoms. The average Bonchev–Trinajstić information content (AvgIpc) is 3.44. The van der Waals surface area contributed by atoms with Gasteiger partial charge in [0, 0.05) is 6.61 Å². The largest absolute Gasteiger partial charge is 0.457 e. The van der Waals surface area contributed by atoms with Crippen LogP contribution in [0, 0.1) is 0 Å². The van der Waals surface area contributed by atoms with Crippen molar-refractivity contribution < 1.29 is 23.5 Å². The molecule has 144 valence electrons. The number of benzene rings is 1. The number of carbonyl (C=O) groups is 2. The van der Waals surface area contributed by atoms with Gasteiger partial charge in [0.05, 0.1) is 23.8 Å². The Morgan fingerprint density at radius 2 is 2.14 bits per heavy atom. The zero-order valence-corrected chi connectivity index (χ0v) is 16.5. The highest BCUT2D eigenvalue weighted by atomic mass is 32.2. The maximum atomic E-state index is 12.7. The Labute approximate surface area is 171 Å². The zero-order chi connectivity index (χ0) is 19.5. The summed E-state index contributed by atoms with van der Waals surface area (Å²) in [5, 5.41) is 0. The van der Waals surface area contributed by atoms with Gasteiger partial charge in [0.15, 0.2) is 0 Å². The van der Waals surface area contributed by atoms with E-state index in [-0.39, 0.29) is 17.8 Å². The van der Waals surface area contributed by atoms with Gasteiger partial charge in [-0.1, -0.05) is 36.1 Å². The molecule has 1 aromatic heterocycles. The van der Waals surface area contributed by atoms with Gasteiger partial charge >= 0.3 is 5.97 Å². The van der Waals surface area contributed by atoms with Gasteiger partial charge in [-0.3, -0.25) is 9.69 Å². The van der Waals surface area contributed by atoms with Crippen LogP contribution in [0.4, 0.5) is 0 Å². The second kappa shape index (κ2) is 8.30. The van der Waals surface area contributed by atoms with E-state index in [2.05, 4.69) is 0 Å². The SMILES string of the molecule is O=C(Oc1ccc(C=C2SC(=S)N(CC3CCCO3)C2=O)cc1)c1ccco1. The van der Waals surface area contributed by atoms with Gasteiger partial charge in [-0.15, -0.1) is 0 Å². The second-order valence-electron chi connectivity index (χ2n) is 6.36. The number of amides is 1. The average molecular weight is 415 g/mol. The Hall–Kier alpha value is -2.42. The maximum absolute atomic E-state index is 12.7. The summed E-state index contributed by atoms with van der Waals surface area (Å²) in [6.07, 6.45) is 5.23. The molecule has 1 amide bonds. The summed E-state index contributed by atoms with van der Waals surface area (Å²) >= 11 is 6.65. The number of furan rings is 1. The van der Waals surface area contributed by atoms with E-state index in [1.807, 2.05) is 0 Å². The van der Waals surface area contributed by atoms with Gasteiger partial charge in [0.1, 0.15) is 10.1 Å². The molecule has 1 unspecified atom stereocenters. The fourth-order valence-electron chi connectivity index (χ4n) is 2.98. The van der Waals surface area contributed by atoms with Gasteiger partial charge in [0.2, 0.25) is 5.76 Å². The van der Waals surface area contributed by atoms with E-state index < -0.39 is 5.97 Å². The molecule has 2 aliphatic heterocycles. The molecule has 0 bridgehead atoms. The second-order valence-corrected chi connectivity index (χ2v) is 8.04. The first kappa shape index (κ1) is 18.9. The molecule has 1 atom stereocenters. The highest BCUT2D eigenvalue weighted by Crippen LogP contribution is 2.33. The summed E-state index contributed by atoms with van der Waals surface area (Å²) in [6, 6.07) is 10.0. The van der Waals surface area contributed by atoms with E-state index in [4.69, 9.17) is 26.1 Å². The Balaban J connectivity index is 1.41. The summed E-state index contributed by atoms with van der Waals surface area (Å²) in [5.41, 5.74) is 0.815. The lowest BCUT2D eigenvalue weighted by Gasteiger charge is -2.18. The Bertz CT molecular complexity index is 915. The Morgan fingerprint density at radius 3 is 2.82 bits per heavy atom. The number of carbonyl (C=O) groups excluding carboxylic acids is 2. The topological polar surface area (TPSA) is 69.0 Å². The van der Waals surface area contributed by atoms with E-state index in [0.717, 1.165) is 25.0 Å². The number of thiocarbonyl (C=S) groups is 1. The fraction of sp³-hybridized carbons (Fsp3) is 0.250. The molecule has 2 aliphatic rings. The summed E-state index contributed by atoms with van der Waals surface area (Å²) in [5.74, 6) is -0.130. The minimum absolute atomic E-state index is 0.0602. The third kappa shape index (κ3) is 4.19. The van der Waals surface area contributed by atoms with Gasteiger partial charge < -0.3 is 13.9 Å². The van der Waals surface area contributed by atoms with Crippen LogP contribution in [0.2, 0.25) is 0 Å². The third-order valence-electron chi connectivity index (χ3n) is 4.39. The molecular weight excluding hydrogens is 398 g/mol. The highest BCUT2D eigenvalue weighted by molar-refractivity contribution is 8.26. The molecule has 6 nitrogen and oxygen atoms in total. The van der Waals surface area contributed by atoms with E-state index in [9.17, 15) is 9.59 Å². The molecule has 4 rings (SSSR count). The van der Waals surface area contributed by atoms with Crippen molar-refractivity contribution in [1.82, 2.24) is 4.90 Å². The van der Waals surface area contributed by atoms with Gasteiger partial charge in [-0.25, -0.2) is 4.79 Å². The van der Waals surface area contributed by atoms with Crippen molar-refractivity contribution in [1.29, 1.82) is 0 Å². The molecule has 0 saturated carbocycles. The molecule has 3 heterocycles. The van der Waals surface area contributed by atoms with E-state index in [1.54, 1.807) is 41.3 Å². The molecule has 0 aliphatic carbocycles. The van der Waals surface area contributed by atoms with Crippen LogP contribution in [-0.4, -0.2) is 40.4 Å². The normalized spacial score (nSPS) is 20.9. The van der Waals surface area contributed by atoms with Crippen molar-refractivity contribution in [3.05, 3.63) is 58.9 Å². The first-order valence-electron chi connectivity index (χ1n) is 8.83. The predicted octanol–water partition coefficient (Wildman–Crippen LogP) is 3.88. The summed E-state index contributed by atoms with van der Waals surface area (Å²) in [6.45, 7) is 1.25. The molecule has 0 radical (unpaired) electrons. The summed E-state index contributed by atoms with van der Waals surface area (Å²) in [4.78, 5) is 26.7. The lowest BCUT2D eigenvalue weighted by atomic mass is 10.2. The van der Waals surface area contributed by atoms with Crippen molar-refractivity contribution in [2.75, 3.05) is 13.2 Å². The van der Waals surface area contributed by atoms with Crippen LogP contribution in [0.15, 0.2) is 52.0 Å². The molecule has 2 fully saturated rings. The van der Waals surface area contributed by atoms with Crippen molar-refractivity contribution >= 4 is 46.3 Å². The molecule has 2 saturated heterocycles. The monoisotopic (exact) mass is 415 g/mol. The number of ether oxygens (including phenoxy) is 2. The van der Waals surface area contributed by atoms with E-state index >= 15 is 0 Å². The van der Waals surface area contributed by atoms with Crippen molar-refractivity contribution in [3.63, 3.8) is 0 Å². The van der Waals surface area contributed by atoms with Crippen LogP contribution in [0.5, 0.6) is 5.75 Å². The number of nitrogens with zero attached hydrogens (tertiary/aromatic N) is 1. The molecule has 8 heteroatoms. The van der Waals surface area contributed by atoms with E-state index in [0.29, 0.717) is 21.5 Å². The van der Waals surface area contributed by atoms with Crippen molar-refractivity contribution in [2.45, 2.75) is 18.9 Å². The van der Waals surface area contributed by atoms with Gasteiger partial charge in [0.25, 0.3) is 5.91 Å². The summed E-state index contributed by atoms with van der Waals surface area (Å²) < 4.78 is 16.4. The first-order valence-corrected chi connectivity index (χ1v) is 10.1. The van der Waals surface area contributed by atoms with Crippen LogP contribution in [0.25, 0.3) is 6.08 Å². The highest BCUT2D eigenvalue weighted by Gasteiger charge is 2.34. The smallest absolute Gasteiger partial charge is 0.379 e. The zero-order valence-electron chi connectivity index (χ0n) is 14.8. The fourth-order valence-corrected chi connectivity index (χ4v) is 4.26. The number of rotatable bonds is 5. The van der Waals surface area contributed by atoms with Crippen LogP contribution < -0.4 is 4.74 Å². The number of hydrogen-bond acceptors (Lipinski definition) is 7. The third-order valence-corrected chi connectivity index (χ3v) is 5.77. The quantitative estimate of drug-likeness (QED) is 0.318. The number of hydrogen-bond donors (Lipinski definition) is 0. The molecule has 0 N–H and O–H groups in total. The Morgan fingerprint density at radius 1 is 1.32 bits per heavy atom. The first-order chi connectivity index (χ1) is 13.6. The van der Waals surface area contributed by atoms with Crippen LogP contribution in [0.3, 0.4) is 0 Å². The minimum Gasteiger partial charge on any atom is -0.457 e. The predicted molar refractivity (Wildman–Crippen MR) is 109 cm³/mol. The molecule has 28 heavy (non-hydrogen) atoms. The van der Waals surface area contributed by atoms with Crippen molar-refractivity contribution in [2.24, 2.45) is 0 Å². The van der Waals surface area contributed by atoms with Crippen LogP contribution in [0.1, 0.15) is 29.0 Å².